The molecule has 0 fully saturated rings. The minimum Gasteiger partial charge on any atom is -0.489 e. The van der Waals surface area contributed by atoms with Crippen molar-refractivity contribution in [1.29, 1.82) is 0 Å². The number of esters is 1. The van der Waals surface area contributed by atoms with E-state index < -0.39 is 0 Å². The fourth-order valence-electron chi connectivity index (χ4n) is 2.78. The van der Waals surface area contributed by atoms with Crippen molar-refractivity contribution in [1.82, 2.24) is 0 Å². The zero-order valence-corrected chi connectivity index (χ0v) is 14.5. The molecule has 1 aliphatic heterocycles. The van der Waals surface area contributed by atoms with Crippen molar-refractivity contribution in [3.05, 3.63) is 52.0 Å². The molecule has 0 radical (unpaired) electrons. The van der Waals surface area contributed by atoms with Crippen LogP contribution in [0, 0.1) is 6.92 Å². The maximum atomic E-state index is 11.8. The van der Waals surface area contributed by atoms with Gasteiger partial charge in [-0.3, -0.25) is 4.79 Å². The Kier molecular flexibility index (Phi) is 4.95. The molecule has 0 N–H and O–H groups in total. The van der Waals surface area contributed by atoms with Crippen LogP contribution in [0.1, 0.15) is 23.6 Å². The largest absolute Gasteiger partial charge is 0.489 e. The van der Waals surface area contributed by atoms with Gasteiger partial charge in [-0.15, -0.1) is 0 Å². The normalized spacial score (nSPS) is 12.5. The predicted octanol–water partition coefficient (Wildman–Crippen LogP) is 4.48. The first-order valence-electron chi connectivity index (χ1n) is 7.94. The number of hydrogen-bond donors (Lipinski definition) is 0. The molecule has 1 aliphatic rings. The number of halogens is 1. The highest BCUT2D eigenvalue weighted by Crippen LogP contribution is 2.40. The lowest BCUT2D eigenvalue weighted by molar-refractivity contribution is -0.142. The van der Waals surface area contributed by atoms with Gasteiger partial charge in [0.1, 0.15) is 5.75 Å². The molecule has 0 amide bonds. The zero-order valence-electron chi connectivity index (χ0n) is 13.7. The first kappa shape index (κ1) is 16.7. The van der Waals surface area contributed by atoms with Crippen molar-refractivity contribution in [2.24, 2.45) is 0 Å². The molecular weight excluding hydrogens is 328 g/mol. The summed E-state index contributed by atoms with van der Waals surface area (Å²) < 4.78 is 16.7. The molecule has 4 nitrogen and oxygen atoms in total. The SMILES string of the molecule is CCOC(=O)Cc1cc2c(c(Oc3cc(C)cc(Cl)c3)c1)OCC2. The summed E-state index contributed by atoms with van der Waals surface area (Å²) in [6, 6.07) is 9.35. The van der Waals surface area contributed by atoms with E-state index in [1.807, 2.05) is 31.2 Å². The van der Waals surface area contributed by atoms with Crippen molar-refractivity contribution in [3.63, 3.8) is 0 Å². The van der Waals surface area contributed by atoms with E-state index in [9.17, 15) is 4.79 Å². The molecule has 5 heteroatoms. The van der Waals surface area contributed by atoms with Crippen LogP contribution >= 0.6 is 11.6 Å². The minimum atomic E-state index is -0.249. The number of aryl methyl sites for hydroxylation is 1. The van der Waals surface area contributed by atoms with Crippen LogP contribution in [0.3, 0.4) is 0 Å². The molecule has 0 aliphatic carbocycles. The first-order chi connectivity index (χ1) is 11.5. The van der Waals surface area contributed by atoms with E-state index in [1.54, 1.807) is 13.0 Å². The van der Waals surface area contributed by atoms with Crippen LogP contribution in [0.25, 0.3) is 0 Å². The van der Waals surface area contributed by atoms with Gasteiger partial charge in [0.15, 0.2) is 11.5 Å². The molecule has 126 valence electrons. The molecule has 2 aromatic rings. The van der Waals surface area contributed by atoms with E-state index in [-0.39, 0.29) is 12.4 Å². The summed E-state index contributed by atoms with van der Waals surface area (Å²) in [5.74, 6) is 1.73. The van der Waals surface area contributed by atoms with E-state index >= 15 is 0 Å². The molecule has 0 spiro atoms. The van der Waals surface area contributed by atoms with Crippen LogP contribution in [-0.4, -0.2) is 19.2 Å². The molecule has 0 saturated heterocycles. The van der Waals surface area contributed by atoms with Crippen LogP contribution in [0.15, 0.2) is 30.3 Å². The Morgan fingerprint density at radius 2 is 2.08 bits per heavy atom. The average Bonchev–Trinajstić information content (AvgIpc) is 2.95. The molecule has 24 heavy (non-hydrogen) atoms. The second-order valence-corrected chi connectivity index (χ2v) is 6.17. The third-order valence-corrected chi connectivity index (χ3v) is 3.92. The summed E-state index contributed by atoms with van der Waals surface area (Å²) in [6.07, 6.45) is 1.02. The highest BCUT2D eigenvalue weighted by Gasteiger charge is 2.21. The summed E-state index contributed by atoms with van der Waals surface area (Å²) in [6.45, 7) is 4.74. The highest BCUT2D eigenvalue weighted by molar-refractivity contribution is 6.30. The van der Waals surface area contributed by atoms with Crippen molar-refractivity contribution in [2.45, 2.75) is 26.7 Å². The Balaban J connectivity index is 1.91. The van der Waals surface area contributed by atoms with E-state index in [2.05, 4.69) is 0 Å². The first-order valence-corrected chi connectivity index (χ1v) is 8.32. The fourth-order valence-corrected chi connectivity index (χ4v) is 3.06. The van der Waals surface area contributed by atoms with Gasteiger partial charge in [-0.25, -0.2) is 0 Å². The lowest BCUT2D eigenvalue weighted by Crippen LogP contribution is -2.07. The van der Waals surface area contributed by atoms with Crippen molar-refractivity contribution in [3.8, 4) is 17.2 Å². The minimum absolute atomic E-state index is 0.214. The Morgan fingerprint density at radius 3 is 2.83 bits per heavy atom. The number of benzene rings is 2. The number of hydrogen-bond acceptors (Lipinski definition) is 4. The number of rotatable bonds is 5. The second-order valence-electron chi connectivity index (χ2n) is 5.73. The molecule has 0 bridgehead atoms. The van der Waals surface area contributed by atoms with Gasteiger partial charge in [0.25, 0.3) is 0 Å². The maximum absolute atomic E-state index is 11.8. The standard InChI is InChI=1S/C19H19ClO4/c1-3-22-18(21)10-13-8-14-4-5-23-19(14)17(9-13)24-16-7-12(2)6-15(20)11-16/h6-9,11H,3-5,10H2,1-2H3. The van der Waals surface area contributed by atoms with Gasteiger partial charge in [0, 0.05) is 17.0 Å². The topological polar surface area (TPSA) is 44.8 Å². The summed E-state index contributed by atoms with van der Waals surface area (Å²) in [5.41, 5.74) is 2.91. The molecule has 0 atom stereocenters. The van der Waals surface area contributed by atoms with E-state index in [1.165, 1.54) is 0 Å². The Bertz CT molecular complexity index is 750. The zero-order chi connectivity index (χ0) is 17.1. The smallest absolute Gasteiger partial charge is 0.310 e. The van der Waals surface area contributed by atoms with Gasteiger partial charge in [-0.1, -0.05) is 17.7 Å². The fraction of sp³-hybridized carbons (Fsp3) is 0.316. The highest BCUT2D eigenvalue weighted by atomic mass is 35.5. The van der Waals surface area contributed by atoms with Gasteiger partial charge in [0.05, 0.1) is 19.6 Å². The van der Waals surface area contributed by atoms with Crippen LogP contribution in [0.2, 0.25) is 5.02 Å². The third kappa shape index (κ3) is 3.82. The quantitative estimate of drug-likeness (QED) is 0.749. The molecule has 1 heterocycles. The van der Waals surface area contributed by atoms with E-state index in [0.717, 1.165) is 28.9 Å². The lowest BCUT2D eigenvalue weighted by atomic mass is 10.1. The number of fused-ring (bicyclic) bond motifs is 1. The van der Waals surface area contributed by atoms with Gasteiger partial charge in [0.2, 0.25) is 0 Å². The third-order valence-electron chi connectivity index (χ3n) is 3.71. The van der Waals surface area contributed by atoms with Crippen LogP contribution in [0.4, 0.5) is 0 Å². The number of ether oxygens (including phenoxy) is 3. The predicted molar refractivity (Wildman–Crippen MR) is 92.2 cm³/mol. The monoisotopic (exact) mass is 346 g/mol. The summed E-state index contributed by atoms with van der Waals surface area (Å²) >= 11 is 6.10. The van der Waals surface area contributed by atoms with Crippen molar-refractivity contribution in [2.75, 3.05) is 13.2 Å². The molecular formula is C19H19ClO4. The Hall–Kier alpha value is -2.20. The summed E-state index contributed by atoms with van der Waals surface area (Å²) in [4.78, 5) is 11.8. The van der Waals surface area contributed by atoms with Gasteiger partial charge in [-0.2, -0.15) is 0 Å². The van der Waals surface area contributed by atoms with Crippen LogP contribution < -0.4 is 9.47 Å². The molecule has 0 saturated carbocycles. The van der Waals surface area contributed by atoms with Crippen molar-refractivity contribution >= 4 is 17.6 Å². The van der Waals surface area contributed by atoms with Gasteiger partial charge in [-0.05, 0) is 49.2 Å². The van der Waals surface area contributed by atoms with E-state index in [4.69, 9.17) is 25.8 Å². The Morgan fingerprint density at radius 1 is 1.25 bits per heavy atom. The van der Waals surface area contributed by atoms with Crippen molar-refractivity contribution < 1.29 is 19.0 Å². The number of carbonyl (C=O) groups is 1. The number of carbonyl (C=O) groups excluding carboxylic acids is 1. The maximum Gasteiger partial charge on any atom is 0.310 e. The van der Waals surface area contributed by atoms with Gasteiger partial charge < -0.3 is 14.2 Å². The molecule has 0 aromatic heterocycles. The average molecular weight is 347 g/mol. The molecule has 2 aromatic carbocycles. The van der Waals surface area contributed by atoms with Crippen LogP contribution in [0.5, 0.6) is 17.2 Å². The van der Waals surface area contributed by atoms with E-state index in [0.29, 0.717) is 29.7 Å². The summed E-state index contributed by atoms with van der Waals surface area (Å²) in [5, 5.41) is 0.616. The lowest BCUT2D eigenvalue weighted by Gasteiger charge is -2.13. The second kappa shape index (κ2) is 7.14. The molecule has 3 rings (SSSR count). The summed E-state index contributed by atoms with van der Waals surface area (Å²) in [7, 11) is 0. The molecule has 0 unspecified atom stereocenters. The van der Waals surface area contributed by atoms with Gasteiger partial charge >= 0.3 is 5.97 Å². The van der Waals surface area contributed by atoms with Crippen LogP contribution in [-0.2, 0) is 22.4 Å². The Labute approximate surface area is 146 Å².